The zero-order valence-corrected chi connectivity index (χ0v) is 17.8. The third-order valence-corrected chi connectivity index (χ3v) is 5.95. The molecule has 2 aliphatic rings. The van der Waals surface area contributed by atoms with Gasteiger partial charge in [-0.3, -0.25) is 4.98 Å². The molecule has 0 bridgehead atoms. The van der Waals surface area contributed by atoms with E-state index in [0.717, 1.165) is 24.2 Å². The summed E-state index contributed by atoms with van der Waals surface area (Å²) in [5.41, 5.74) is 1.64. The molecule has 0 aromatic carbocycles. The van der Waals surface area contributed by atoms with Gasteiger partial charge in [0, 0.05) is 17.9 Å². The number of nitrogens with zero attached hydrogens (tertiary/aromatic N) is 6. The van der Waals surface area contributed by atoms with Gasteiger partial charge in [0.2, 0.25) is 11.9 Å². The SMILES string of the molecule is C[C@@H](Nc1nc(Nc2ccnc(C3(C#N)CC3)c2)nc(-c2cccc(Cl)n2)n1)C1CC1. The van der Waals surface area contributed by atoms with Gasteiger partial charge in [-0.25, -0.2) is 4.98 Å². The first kappa shape index (κ1) is 19.6. The monoisotopic (exact) mass is 432 g/mol. The molecule has 3 heterocycles. The van der Waals surface area contributed by atoms with Crippen molar-refractivity contribution < 1.29 is 0 Å². The van der Waals surface area contributed by atoms with Gasteiger partial charge in [0.05, 0.1) is 17.2 Å². The second-order valence-corrected chi connectivity index (χ2v) is 8.56. The van der Waals surface area contributed by atoms with Crippen LogP contribution in [0.15, 0.2) is 36.5 Å². The summed E-state index contributed by atoms with van der Waals surface area (Å²) in [6, 6.07) is 11.7. The fourth-order valence-electron chi connectivity index (χ4n) is 3.51. The number of hydrogen-bond donors (Lipinski definition) is 2. The van der Waals surface area contributed by atoms with Crippen LogP contribution in [-0.4, -0.2) is 31.0 Å². The van der Waals surface area contributed by atoms with Crippen LogP contribution in [0.5, 0.6) is 0 Å². The molecule has 2 saturated carbocycles. The minimum atomic E-state index is -0.459. The van der Waals surface area contributed by atoms with E-state index in [0.29, 0.717) is 34.5 Å². The molecule has 0 saturated heterocycles. The van der Waals surface area contributed by atoms with E-state index in [-0.39, 0.29) is 6.04 Å². The zero-order chi connectivity index (χ0) is 21.4. The van der Waals surface area contributed by atoms with Gasteiger partial charge in [-0.1, -0.05) is 17.7 Å². The first-order valence-electron chi connectivity index (χ1n) is 10.3. The van der Waals surface area contributed by atoms with Crippen LogP contribution >= 0.6 is 11.6 Å². The average Bonchev–Trinajstić information content (AvgIpc) is 3.68. The van der Waals surface area contributed by atoms with E-state index in [4.69, 9.17) is 11.6 Å². The number of aromatic nitrogens is 5. The average molecular weight is 433 g/mol. The van der Waals surface area contributed by atoms with E-state index >= 15 is 0 Å². The second kappa shape index (κ2) is 7.75. The van der Waals surface area contributed by atoms with Crippen molar-refractivity contribution in [3.8, 4) is 17.6 Å². The minimum Gasteiger partial charge on any atom is -0.351 e. The van der Waals surface area contributed by atoms with Gasteiger partial charge in [-0.15, -0.1) is 0 Å². The minimum absolute atomic E-state index is 0.272. The Labute approximate surface area is 185 Å². The Balaban J connectivity index is 1.48. The van der Waals surface area contributed by atoms with Crippen LogP contribution in [-0.2, 0) is 5.41 Å². The lowest BCUT2D eigenvalue weighted by atomic mass is 10.0. The van der Waals surface area contributed by atoms with Crippen LogP contribution in [0.3, 0.4) is 0 Å². The lowest BCUT2D eigenvalue weighted by Crippen LogP contribution is -2.20. The summed E-state index contributed by atoms with van der Waals surface area (Å²) in [6.45, 7) is 2.14. The Kier molecular flexibility index (Phi) is 4.91. The number of halogens is 1. The Morgan fingerprint density at radius 2 is 1.94 bits per heavy atom. The lowest BCUT2D eigenvalue weighted by molar-refractivity contribution is 0.685. The van der Waals surface area contributed by atoms with Crippen LogP contribution in [0.1, 0.15) is 38.3 Å². The van der Waals surface area contributed by atoms with Crippen LogP contribution in [0, 0.1) is 17.2 Å². The predicted octanol–water partition coefficient (Wildman–Crippen LogP) is 4.49. The van der Waals surface area contributed by atoms with Crippen molar-refractivity contribution in [2.75, 3.05) is 10.6 Å². The van der Waals surface area contributed by atoms with Crippen molar-refractivity contribution in [1.29, 1.82) is 5.26 Å². The molecule has 31 heavy (non-hydrogen) atoms. The summed E-state index contributed by atoms with van der Waals surface area (Å²) in [4.78, 5) is 22.4. The normalized spacial score (nSPS) is 17.5. The Bertz CT molecular complexity index is 1170. The van der Waals surface area contributed by atoms with E-state index in [1.54, 1.807) is 12.3 Å². The molecule has 3 aromatic rings. The third kappa shape index (κ3) is 4.28. The molecule has 0 unspecified atom stereocenters. The maximum absolute atomic E-state index is 9.48. The summed E-state index contributed by atoms with van der Waals surface area (Å²) in [7, 11) is 0. The molecule has 156 valence electrons. The number of anilines is 3. The highest BCUT2D eigenvalue weighted by molar-refractivity contribution is 6.29. The smallest absolute Gasteiger partial charge is 0.232 e. The van der Waals surface area contributed by atoms with E-state index in [1.807, 2.05) is 24.3 Å². The summed E-state index contributed by atoms with van der Waals surface area (Å²) in [5, 5.41) is 16.5. The van der Waals surface area contributed by atoms with E-state index in [2.05, 4.69) is 48.5 Å². The van der Waals surface area contributed by atoms with Gasteiger partial charge in [0.25, 0.3) is 0 Å². The first-order chi connectivity index (χ1) is 15.0. The van der Waals surface area contributed by atoms with Gasteiger partial charge in [0.1, 0.15) is 10.8 Å². The molecule has 3 aromatic heterocycles. The van der Waals surface area contributed by atoms with Crippen molar-refractivity contribution in [2.45, 2.75) is 44.1 Å². The molecule has 1 atom stereocenters. The Morgan fingerprint density at radius 3 is 2.65 bits per heavy atom. The molecule has 9 heteroatoms. The van der Waals surface area contributed by atoms with E-state index < -0.39 is 5.41 Å². The molecule has 0 amide bonds. The number of rotatable bonds is 7. The van der Waals surface area contributed by atoms with Crippen LogP contribution in [0.25, 0.3) is 11.5 Å². The largest absolute Gasteiger partial charge is 0.351 e. The third-order valence-electron chi connectivity index (χ3n) is 5.74. The molecule has 8 nitrogen and oxygen atoms in total. The van der Waals surface area contributed by atoms with Crippen molar-refractivity contribution in [1.82, 2.24) is 24.9 Å². The number of hydrogen-bond acceptors (Lipinski definition) is 8. The topological polar surface area (TPSA) is 112 Å². The standard InChI is InChI=1S/C22H21ClN8/c1-13(14-5-6-14)26-20-29-19(16-3-2-4-18(23)28-16)30-21(31-20)27-15-7-10-25-17(11-15)22(12-24)8-9-22/h2-4,7,10-11,13-14H,5-6,8-9H2,1H3,(H2,25,26,27,29,30,31)/t13-/m1/s1. The van der Waals surface area contributed by atoms with Crippen molar-refractivity contribution >= 4 is 29.2 Å². The Morgan fingerprint density at radius 1 is 1.13 bits per heavy atom. The summed E-state index contributed by atoms with van der Waals surface area (Å²) < 4.78 is 0. The zero-order valence-electron chi connectivity index (χ0n) is 17.0. The number of nitrogens with one attached hydrogen (secondary N) is 2. The molecule has 2 fully saturated rings. The Hall–Kier alpha value is -3.31. The molecule has 0 aliphatic heterocycles. The molecule has 0 spiro atoms. The maximum atomic E-state index is 9.48. The highest BCUT2D eigenvalue weighted by atomic mass is 35.5. The van der Waals surface area contributed by atoms with Gasteiger partial charge in [-0.2, -0.15) is 20.2 Å². The quantitative estimate of drug-likeness (QED) is 0.525. The molecular weight excluding hydrogens is 412 g/mol. The van der Waals surface area contributed by atoms with Gasteiger partial charge >= 0.3 is 0 Å². The molecule has 2 aliphatic carbocycles. The van der Waals surface area contributed by atoms with E-state index in [9.17, 15) is 5.26 Å². The van der Waals surface area contributed by atoms with Crippen LogP contribution in [0.2, 0.25) is 5.15 Å². The molecule has 0 radical (unpaired) electrons. The number of pyridine rings is 2. The fourth-order valence-corrected chi connectivity index (χ4v) is 3.67. The van der Waals surface area contributed by atoms with Crippen LogP contribution < -0.4 is 10.6 Å². The lowest BCUT2D eigenvalue weighted by Gasteiger charge is -2.15. The van der Waals surface area contributed by atoms with Crippen molar-refractivity contribution in [3.05, 3.63) is 47.4 Å². The van der Waals surface area contributed by atoms with Crippen molar-refractivity contribution in [2.24, 2.45) is 5.92 Å². The van der Waals surface area contributed by atoms with E-state index in [1.165, 1.54) is 12.8 Å². The predicted molar refractivity (Wildman–Crippen MR) is 118 cm³/mol. The summed E-state index contributed by atoms with van der Waals surface area (Å²) in [6.07, 6.45) is 5.80. The molecular formula is C22H21ClN8. The number of nitriles is 1. The second-order valence-electron chi connectivity index (χ2n) is 8.17. The van der Waals surface area contributed by atoms with Gasteiger partial charge in [0.15, 0.2) is 5.82 Å². The van der Waals surface area contributed by atoms with Gasteiger partial charge < -0.3 is 10.6 Å². The van der Waals surface area contributed by atoms with Crippen LogP contribution in [0.4, 0.5) is 17.6 Å². The maximum Gasteiger partial charge on any atom is 0.232 e. The highest BCUT2D eigenvalue weighted by Gasteiger charge is 2.46. The van der Waals surface area contributed by atoms with Crippen molar-refractivity contribution in [3.63, 3.8) is 0 Å². The summed E-state index contributed by atoms with van der Waals surface area (Å²) in [5.74, 6) is 1.94. The molecule has 5 rings (SSSR count). The molecule has 2 N–H and O–H groups in total. The first-order valence-corrected chi connectivity index (χ1v) is 10.7. The fraction of sp³-hybridized carbons (Fsp3) is 0.364. The summed E-state index contributed by atoms with van der Waals surface area (Å²) >= 11 is 6.07. The highest BCUT2D eigenvalue weighted by Crippen LogP contribution is 2.47. The van der Waals surface area contributed by atoms with Gasteiger partial charge in [-0.05, 0) is 62.8 Å².